The van der Waals surface area contributed by atoms with E-state index >= 15 is 0 Å². The average Bonchev–Trinajstić information content (AvgIpc) is 2.50. The van der Waals surface area contributed by atoms with E-state index in [1.54, 1.807) is 19.0 Å². The summed E-state index contributed by atoms with van der Waals surface area (Å²) in [5.74, 6) is 0.675. The van der Waals surface area contributed by atoms with Gasteiger partial charge in [-0.2, -0.15) is 0 Å². The zero-order valence-electron chi connectivity index (χ0n) is 16.1. The normalized spacial score (nSPS) is 15.9. The summed E-state index contributed by atoms with van der Waals surface area (Å²) in [7, 11) is 3.48. The van der Waals surface area contributed by atoms with Gasteiger partial charge in [0.05, 0.1) is 0 Å². The van der Waals surface area contributed by atoms with Gasteiger partial charge in [0.2, 0.25) is 5.91 Å². The minimum atomic E-state index is -0.0114. The third-order valence-corrected chi connectivity index (χ3v) is 3.85. The molecule has 2 N–H and O–H groups in total. The smallest absolute Gasteiger partial charge is 0.243 e. The maximum Gasteiger partial charge on any atom is 0.243 e. The van der Waals surface area contributed by atoms with E-state index in [2.05, 4.69) is 40.6 Å². The number of guanidine groups is 1. The highest BCUT2D eigenvalue weighted by Gasteiger charge is 2.20. The second-order valence-corrected chi connectivity index (χ2v) is 6.92. The lowest BCUT2D eigenvalue weighted by Crippen LogP contribution is -2.49. The molecule has 0 bridgehead atoms. The number of piperidine rings is 1. The molecule has 1 amide bonds. The second-order valence-electron chi connectivity index (χ2n) is 6.92. The van der Waals surface area contributed by atoms with Gasteiger partial charge in [-0.25, -0.2) is 4.99 Å². The first-order chi connectivity index (χ1) is 11.3. The summed E-state index contributed by atoms with van der Waals surface area (Å²) in [6.45, 7) is 15.8. The van der Waals surface area contributed by atoms with Crippen LogP contribution in [0.15, 0.2) is 29.3 Å². The molecule has 0 saturated carbocycles. The van der Waals surface area contributed by atoms with Crippen LogP contribution in [-0.2, 0) is 4.79 Å². The molecule has 0 atom stereocenters. The molecule has 0 aromatic carbocycles. The van der Waals surface area contributed by atoms with Crippen molar-refractivity contribution in [1.29, 1.82) is 0 Å². The molecule has 1 aliphatic heterocycles. The van der Waals surface area contributed by atoms with Gasteiger partial charge < -0.3 is 15.5 Å². The Bertz CT molecular complexity index is 482. The summed E-state index contributed by atoms with van der Waals surface area (Å²) in [5.41, 5.74) is 2.23. The zero-order chi connectivity index (χ0) is 18.1. The molecule has 1 aliphatic rings. The van der Waals surface area contributed by atoms with Crippen LogP contribution >= 0.6 is 24.0 Å². The fourth-order valence-corrected chi connectivity index (χ4v) is 2.49. The number of hydrogen-bond acceptors (Lipinski definition) is 3. The van der Waals surface area contributed by atoms with Gasteiger partial charge in [0.25, 0.3) is 0 Å². The van der Waals surface area contributed by atoms with E-state index in [-0.39, 0.29) is 36.4 Å². The van der Waals surface area contributed by atoms with Crippen LogP contribution in [0, 0.1) is 0 Å². The molecule has 0 aliphatic carbocycles. The van der Waals surface area contributed by atoms with Crippen molar-refractivity contribution in [3.05, 3.63) is 24.3 Å². The quantitative estimate of drug-likeness (QED) is 0.262. The highest BCUT2D eigenvalue weighted by Crippen LogP contribution is 2.11. The van der Waals surface area contributed by atoms with Crippen LogP contribution in [0.4, 0.5) is 0 Å². The molecular formula is C18H34IN5O. The predicted molar refractivity (Wildman–Crippen MR) is 117 cm³/mol. The van der Waals surface area contributed by atoms with Crippen LogP contribution in [0.2, 0.25) is 0 Å². The van der Waals surface area contributed by atoms with Crippen molar-refractivity contribution >= 4 is 35.8 Å². The van der Waals surface area contributed by atoms with Gasteiger partial charge in [-0.15, -0.1) is 24.0 Å². The van der Waals surface area contributed by atoms with Gasteiger partial charge in [-0.05, 0) is 26.7 Å². The molecule has 0 radical (unpaired) electrons. The number of likely N-dealkylation sites (tertiary alicyclic amines) is 1. The number of carbonyl (C=O) groups is 1. The number of amides is 1. The van der Waals surface area contributed by atoms with Gasteiger partial charge in [0.15, 0.2) is 5.96 Å². The first-order valence-corrected chi connectivity index (χ1v) is 8.54. The molecule has 0 unspecified atom stereocenters. The Kier molecular flexibility index (Phi) is 11.8. The molecule has 1 heterocycles. The van der Waals surface area contributed by atoms with Crippen LogP contribution in [0.25, 0.3) is 0 Å². The Hall–Kier alpha value is -1.09. The van der Waals surface area contributed by atoms with Crippen molar-refractivity contribution < 1.29 is 4.79 Å². The first kappa shape index (κ1) is 23.9. The second kappa shape index (κ2) is 12.3. The maximum absolute atomic E-state index is 11.8. The average molecular weight is 463 g/mol. The van der Waals surface area contributed by atoms with Crippen molar-refractivity contribution in [1.82, 2.24) is 20.4 Å². The molecule has 1 fully saturated rings. The lowest BCUT2D eigenvalue weighted by molar-refractivity contribution is -0.127. The lowest BCUT2D eigenvalue weighted by Gasteiger charge is -2.33. The van der Waals surface area contributed by atoms with Crippen molar-refractivity contribution in [2.75, 3.05) is 46.8 Å². The summed E-state index contributed by atoms with van der Waals surface area (Å²) in [4.78, 5) is 20.1. The largest absolute Gasteiger partial charge is 0.354 e. The molecule has 25 heavy (non-hydrogen) atoms. The third-order valence-electron chi connectivity index (χ3n) is 3.85. The van der Waals surface area contributed by atoms with Gasteiger partial charge >= 0.3 is 0 Å². The van der Waals surface area contributed by atoms with E-state index in [0.717, 1.165) is 38.0 Å². The molecule has 0 aromatic heterocycles. The van der Waals surface area contributed by atoms with E-state index < -0.39 is 0 Å². The fraction of sp³-hybridized carbons (Fsp3) is 0.667. The number of likely N-dealkylation sites (N-methyl/N-ethyl adjacent to an activating group) is 1. The van der Waals surface area contributed by atoms with Gasteiger partial charge in [0, 0.05) is 46.3 Å². The number of rotatable bonds is 7. The van der Waals surface area contributed by atoms with Crippen molar-refractivity contribution in [2.45, 2.75) is 32.7 Å². The molecule has 144 valence electrons. The molecule has 7 heteroatoms. The van der Waals surface area contributed by atoms with Crippen LogP contribution < -0.4 is 10.6 Å². The number of halogens is 1. The van der Waals surface area contributed by atoms with Crippen LogP contribution in [0.1, 0.15) is 26.7 Å². The SMILES string of the molecule is C=C(C)CNC(=NCC(=O)N(C)C)NC1CCN(CC(=C)C)CC1.I. The Morgan fingerprint density at radius 2 is 1.80 bits per heavy atom. The van der Waals surface area contributed by atoms with Gasteiger partial charge in [-0.3, -0.25) is 9.69 Å². The summed E-state index contributed by atoms with van der Waals surface area (Å²) in [5, 5.41) is 6.70. The van der Waals surface area contributed by atoms with Crippen molar-refractivity contribution in [3.8, 4) is 0 Å². The first-order valence-electron chi connectivity index (χ1n) is 8.54. The van der Waals surface area contributed by atoms with E-state index in [1.807, 2.05) is 6.92 Å². The third kappa shape index (κ3) is 10.5. The Labute approximate surface area is 169 Å². The number of nitrogens with one attached hydrogen (secondary N) is 2. The summed E-state index contributed by atoms with van der Waals surface area (Å²) in [6.07, 6.45) is 2.12. The van der Waals surface area contributed by atoms with Crippen LogP contribution in [0.5, 0.6) is 0 Å². The Morgan fingerprint density at radius 3 is 2.28 bits per heavy atom. The molecular weight excluding hydrogens is 429 g/mol. The maximum atomic E-state index is 11.8. The van der Waals surface area contributed by atoms with Crippen LogP contribution in [-0.4, -0.2) is 74.5 Å². The monoisotopic (exact) mass is 463 g/mol. The molecule has 1 saturated heterocycles. The Balaban J connectivity index is 0.00000576. The molecule has 0 aromatic rings. The highest BCUT2D eigenvalue weighted by molar-refractivity contribution is 14.0. The van der Waals surface area contributed by atoms with Gasteiger partial charge in [-0.1, -0.05) is 24.3 Å². The molecule has 0 spiro atoms. The summed E-state index contributed by atoms with van der Waals surface area (Å²) < 4.78 is 0. The van der Waals surface area contributed by atoms with Crippen molar-refractivity contribution in [2.24, 2.45) is 4.99 Å². The molecule has 1 rings (SSSR count). The number of nitrogens with zero attached hydrogens (tertiary/aromatic N) is 3. The standard InChI is InChI=1S/C18H33N5O.HI/c1-14(2)11-19-18(20-12-17(24)22(5)6)21-16-7-9-23(10-8-16)13-15(3)4;/h16H,1,3,7-13H2,2,4-6H3,(H2,19,20,21);1H. The highest BCUT2D eigenvalue weighted by atomic mass is 127. The lowest BCUT2D eigenvalue weighted by atomic mass is 10.0. The Morgan fingerprint density at radius 1 is 1.20 bits per heavy atom. The molecule has 6 nitrogen and oxygen atoms in total. The number of aliphatic imine (C=N–C) groups is 1. The van der Waals surface area contributed by atoms with Gasteiger partial charge in [0.1, 0.15) is 6.54 Å². The van der Waals surface area contributed by atoms with Crippen LogP contribution in [0.3, 0.4) is 0 Å². The summed E-state index contributed by atoms with van der Waals surface area (Å²) in [6, 6.07) is 0.372. The van der Waals surface area contributed by atoms with Crippen molar-refractivity contribution in [3.63, 3.8) is 0 Å². The fourth-order valence-electron chi connectivity index (χ4n) is 2.49. The minimum absolute atomic E-state index is 0. The number of carbonyl (C=O) groups excluding carboxylic acids is 1. The summed E-state index contributed by atoms with van der Waals surface area (Å²) >= 11 is 0. The predicted octanol–water partition coefficient (Wildman–Crippen LogP) is 1.84. The minimum Gasteiger partial charge on any atom is -0.354 e. The zero-order valence-corrected chi connectivity index (χ0v) is 18.4. The van der Waals surface area contributed by atoms with E-state index in [9.17, 15) is 4.79 Å². The topological polar surface area (TPSA) is 60.0 Å². The van der Waals surface area contributed by atoms with E-state index in [1.165, 1.54) is 5.57 Å². The van der Waals surface area contributed by atoms with E-state index in [4.69, 9.17) is 0 Å². The number of hydrogen-bond donors (Lipinski definition) is 2. The van der Waals surface area contributed by atoms with E-state index in [0.29, 0.717) is 18.5 Å².